The Hall–Kier alpha value is -1.42. The molecule has 1 aliphatic carbocycles. The van der Waals surface area contributed by atoms with Gasteiger partial charge >= 0.3 is 0 Å². The number of benzene rings is 1. The first kappa shape index (κ1) is 12.6. The summed E-state index contributed by atoms with van der Waals surface area (Å²) in [6, 6.07) is 2.81. The van der Waals surface area contributed by atoms with Gasteiger partial charge in [-0.25, -0.2) is 0 Å². The number of hydrogen-bond donors (Lipinski definition) is 3. The summed E-state index contributed by atoms with van der Waals surface area (Å²) in [7, 11) is 0. The molecule has 1 aliphatic heterocycles. The number of aliphatic hydroxyl groups excluding tert-OH is 1. The lowest BCUT2D eigenvalue weighted by molar-refractivity contribution is -0.0228. The van der Waals surface area contributed by atoms with Crippen LogP contribution in [0.5, 0.6) is 17.2 Å². The van der Waals surface area contributed by atoms with E-state index in [0.29, 0.717) is 23.7 Å². The Morgan fingerprint density at radius 2 is 1.79 bits per heavy atom. The van der Waals surface area contributed by atoms with Gasteiger partial charge in [-0.2, -0.15) is 0 Å². The first-order valence-corrected chi connectivity index (χ1v) is 7.04. The summed E-state index contributed by atoms with van der Waals surface area (Å²) in [6.45, 7) is 0. The SMILES string of the molecule is Oc1cc(O)c2c(c1)OC(C1CCCCC1)C(O)C2. The van der Waals surface area contributed by atoms with Crippen LogP contribution in [0.1, 0.15) is 37.7 Å². The van der Waals surface area contributed by atoms with E-state index in [-0.39, 0.29) is 17.6 Å². The van der Waals surface area contributed by atoms with Crippen molar-refractivity contribution < 1.29 is 20.1 Å². The largest absolute Gasteiger partial charge is 0.508 e. The second kappa shape index (κ2) is 4.93. The molecule has 19 heavy (non-hydrogen) atoms. The highest BCUT2D eigenvalue weighted by Crippen LogP contribution is 2.41. The lowest BCUT2D eigenvalue weighted by Gasteiger charge is -2.37. The van der Waals surface area contributed by atoms with Crippen LogP contribution in [-0.4, -0.2) is 27.5 Å². The van der Waals surface area contributed by atoms with Gasteiger partial charge in [0, 0.05) is 24.1 Å². The molecule has 3 N–H and O–H groups in total. The number of ether oxygens (including phenoxy) is 1. The van der Waals surface area contributed by atoms with Crippen molar-refractivity contribution in [2.24, 2.45) is 5.92 Å². The molecule has 0 amide bonds. The van der Waals surface area contributed by atoms with Crippen LogP contribution in [0, 0.1) is 5.92 Å². The topological polar surface area (TPSA) is 69.9 Å². The molecule has 0 saturated heterocycles. The molecule has 104 valence electrons. The van der Waals surface area contributed by atoms with Gasteiger partial charge in [-0.15, -0.1) is 0 Å². The van der Waals surface area contributed by atoms with Gasteiger partial charge in [-0.1, -0.05) is 19.3 Å². The second-order valence-electron chi connectivity index (χ2n) is 5.69. The molecular weight excluding hydrogens is 244 g/mol. The van der Waals surface area contributed by atoms with Crippen molar-refractivity contribution in [2.75, 3.05) is 0 Å². The molecule has 2 unspecified atom stereocenters. The van der Waals surface area contributed by atoms with Crippen molar-refractivity contribution in [1.82, 2.24) is 0 Å². The van der Waals surface area contributed by atoms with Gasteiger partial charge in [-0.05, 0) is 18.8 Å². The van der Waals surface area contributed by atoms with Gasteiger partial charge in [0.1, 0.15) is 23.4 Å². The van der Waals surface area contributed by atoms with Crippen molar-refractivity contribution >= 4 is 0 Å². The Bertz CT molecular complexity index is 465. The van der Waals surface area contributed by atoms with Gasteiger partial charge in [0.2, 0.25) is 0 Å². The van der Waals surface area contributed by atoms with E-state index in [4.69, 9.17) is 4.74 Å². The van der Waals surface area contributed by atoms with E-state index < -0.39 is 6.10 Å². The lowest BCUT2D eigenvalue weighted by atomic mass is 9.81. The molecule has 0 spiro atoms. The van der Waals surface area contributed by atoms with Crippen LogP contribution < -0.4 is 4.74 Å². The number of fused-ring (bicyclic) bond motifs is 1. The maximum Gasteiger partial charge on any atom is 0.130 e. The zero-order valence-electron chi connectivity index (χ0n) is 10.9. The highest BCUT2D eigenvalue weighted by molar-refractivity contribution is 5.51. The summed E-state index contributed by atoms with van der Waals surface area (Å²) >= 11 is 0. The fourth-order valence-corrected chi connectivity index (χ4v) is 3.35. The third kappa shape index (κ3) is 2.37. The minimum Gasteiger partial charge on any atom is -0.508 e. The Labute approximate surface area is 112 Å². The van der Waals surface area contributed by atoms with Crippen molar-refractivity contribution in [3.63, 3.8) is 0 Å². The molecule has 1 fully saturated rings. The van der Waals surface area contributed by atoms with E-state index in [9.17, 15) is 15.3 Å². The predicted molar refractivity (Wildman–Crippen MR) is 70.5 cm³/mol. The summed E-state index contributed by atoms with van der Waals surface area (Å²) in [5.41, 5.74) is 0.595. The van der Waals surface area contributed by atoms with Crippen molar-refractivity contribution in [1.29, 1.82) is 0 Å². The zero-order valence-corrected chi connectivity index (χ0v) is 10.9. The first-order chi connectivity index (χ1) is 9.15. The molecule has 1 saturated carbocycles. The van der Waals surface area contributed by atoms with E-state index in [0.717, 1.165) is 12.8 Å². The van der Waals surface area contributed by atoms with Gasteiger partial charge < -0.3 is 20.1 Å². The Morgan fingerprint density at radius 3 is 2.53 bits per heavy atom. The van der Waals surface area contributed by atoms with Crippen molar-refractivity contribution in [3.8, 4) is 17.2 Å². The summed E-state index contributed by atoms with van der Waals surface area (Å²) in [5.74, 6) is 0.881. The van der Waals surface area contributed by atoms with E-state index in [1.54, 1.807) is 0 Å². The quantitative estimate of drug-likeness (QED) is 0.728. The van der Waals surface area contributed by atoms with Gasteiger partial charge in [-0.3, -0.25) is 0 Å². The third-order valence-corrected chi connectivity index (χ3v) is 4.34. The molecule has 1 heterocycles. The summed E-state index contributed by atoms with van der Waals surface area (Å²) in [5, 5.41) is 29.6. The third-order valence-electron chi connectivity index (χ3n) is 4.34. The smallest absolute Gasteiger partial charge is 0.130 e. The average Bonchev–Trinajstić information content (AvgIpc) is 2.40. The molecule has 0 aromatic heterocycles. The van der Waals surface area contributed by atoms with Crippen LogP contribution in [0.4, 0.5) is 0 Å². The fourth-order valence-electron chi connectivity index (χ4n) is 3.35. The highest BCUT2D eigenvalue weighted by Gasteiger charge is 2.36. The molecule has 3 rings (SSSR count). The van der Waals surface area contributed by atoms with Crippen LogP contribution in [0.15, 0.2) is 12.1 Å². The number of phenolic OH excluding ortho intramolecular Hbond substituents is 2. The molecule has 2 aliphatic rings. The Balaban J connectivity index is 1.86. The minimum absolute atomic E-state index is 0.00357. The molecule has 0 bridgehead atoms. The van der Waals surface area contributed by atoms with Gasteiger partial charge in [0.25, 0.3) is 0 Å². The van der Waals surface area contributed by atoms with Crippen LogP contribution >= 0.6 is 0 Å². The van der Waals surface area contributed by atoms with E-state index in [2.05, 4.69) is 0 Å². The fraction of sp³-hybridized carbons (Fsp3) is 0.600. The van der Waals surface area contributed by atoms with Crippen LogP contribution in [-0.2, 0) is 6.42 Å². The van der Waals surface area contributed by atoms with Crippen LogP contribution in [0.2, 0.25) is 0 Å². The zero-order chi connectivity index (χ0) is 13.4. The number of phenols is 2. The van der Waals surface area contributed by atoms with Crippen LogP contribution in [0.25, 0.3) is 0 Å². The summed E-state index contributed by atoms with van der Waals surface area (Å²) in [4.78, 5) is 0. The molecular formula is C15H20O4. The standard InChI is InChI=1S/C15H20O4/c16-10-6-12(17)11-8-13(18)15(19-14(11)7-10)9-4-2-1-3-5-9/h6-7,9,13,15-18H,1-5,8H2. The van der Waals surface area contributed by atoms with E-state index in [1.165, 1.54) is 31.4 Å². The second-order valence-corrected chi connectivity index (χ2v) is 5.69. The number of hydrogen-bond acceptors (Lipinski definition) is 4. The average molecular weight is 264 g/mol. The summed E-state index contributed by atoms with van der Waals surface area (Å²) < 4.78 is 5.88. The number of aliphatic hydroxyl groups is 1. The van der Waals surface area contributed by atoms with E-state index >= 15 is 0 Å². The van der Waals surface area contributed by atoms with Gasteiger partial charge in [0.05, 0.1) is 6.10 Å². The highest BCUT2D eigenvalue weighted by atomic mass is 16.5. The van der Waals surface area contributed by atoms with Crippen molar-refractivity contribution in [2.45, 2.75) is 50.7 Å². The number of rotatable bonds is 1. The Morgan fingerprint density at radius 1 is 1.05 bits per heavy atom. The molecule has 1 aromatic carbocycles. The first-order valence-electron chi connectivity index (χ1n) is 7.04. The summed E-state index contributed by atoms with van der Waals surface area (Å²) in [6.07, 6.45) is 5.41. The predicted octanol–water partition coefficient (Wildman–Crippen LogP) is 2.34. The maximum atomic E-state index is 10.3. The van der Waals surface area contributed by atoms with E-state index in [1.807, 2.05) is 0 Å². The molecule has 1 aromatic rings. The Kier molecular flexibility index (Phi) is 3.27. The number of aromatic hydroxyl groups is 2. The maximum absolute atomic E-state index is 10.3. The molecule has 4 heteroatoms. The minimum atomic E-state index is -0.578. The normalized spacial score (nSPS) is 27.6. The monoisotopic (exact) mass is 264 g/mol. The molecule has 2 atom stereocenters. The lowest BCUT2D eigenvalue weighted by Crippen LogP contribution is -2.43. The van der Waals surface area contributed by atoms with Gasteiger partial charge in [0.15, 0.2) is 0 Å². The van der Waals surface area contributed by atoms with Crippen molar-refractivity contribution in [3.05, 3.63) is 17.7 Å². The van der Waals surface area contributed by atoms with Crippen LogP contribution in [0.3, 0.4) is 0 Å². The molecule has 4 nitrogen and oxygen atoms in total. The molecule has 0 radical (unpaired) electrons.